The second kappa shape index (κ2) is 10.9. The summed E-state index contributed by atoms with van der Waals surface area (Å²) in [4.78, 5) is 24.5. The summed E-state index contributed by atoms with van der Waals surface area (Å²) in [6.07, 6.45) is 2.29. The van der Waals surface area contributed by atoms with Crippen LogP contribution in [0.15, 0.2) is 58.3 Å². The zero-order valence-electron chi connectivity index (χ0n) is 19.4. The van der Waals surface area contributed by atoms with Gasteiger partial charge in [-0.1, -0.05) is 24.3 Å². The number of anilines is 1. The third-order valence-electron chi connectivity index (χ3n) is 4.89. The minimum absolute atomic E-state index is 0.0237. The molecule has 0 radical (unpaired) electrons. The molecule has 0 saturated heterocycles. The van der Waals surface area contributed by atoms with Crippen molar-refractivity contribution in [2.45, 2.75) is 13.3 Å². The van der Waals surface area contributed by atoms with E-state index in [1.54, 1.807) is 48.5 Å². The highest BCUT2D eigenvalue weighted by atomic mass is 16.6. The fraction of sp³-hybridized carbons (Fsp3) is 0.174. The van der Waals surface area contributed by atoms with Crippen LogP contribution in [0.1, 0.15) is 39.8 Å². The topological polar surface area (TPSA) is 173 Å². The summed E-state index contributed by atoms with van der Waals surface area (Å²) in [5.41, 5.74) is 10.2. The molecule has 0 saturated carbocycles. The molecule has 0 aliphatic heterocycles. The summed E-state index contributed by atoms with van der Waals surface area (Å²) in [5, 5.41) is 19.3. The van der Waals surface area contributed by atoms with Crippen LogP contribution in [0, 0.1) is 0 Å². The van der Waals surface area contributed by atoms with E-state index >= 15 is 0 Å². The maximum atomic E-state index is 13.0. The fourth-order valence-corrected chi connectivity index (χ4v) is 3.15. The largest absolute Gasteiger partial charge is 0.494 e. The van der Waals surface area contributed by atoms with Crippen LogP contribution in [0.2, 0.25) is 0 Å². The van der Waals surface area contributed by atoms with Crippen molar-refractivity contribution in [2.75, 3.05) is 19.5 Å². The summed E-state index contributed by atoms with van der Waals surface area (Å²) in [6.45, 7) is 2.59. The second-order valence-electron chi connectivity index (χ2n) is 7.36. The van der Waals surface area contributed by atoms with Crippen molar-refractivity contribution >= 4 is 23.9 Å². The van der Waals surface area contributed by atoms with Crippen molar-refractivity contribution < 1.29 is 23.7 Å². The molecule has 0 bridgehead atoms. The number of hydrogen-bond donors (Lipinski definition) is 2. The molecule has 2 heterocycles. The number of benzene rings is 2. The average molecular weight is 490 g/mol. The predicted molar refractivity (Wildman–Crippen MR) is 128 cm³/mol. The van der Waals surface area contributed by atoms with Gasteiger partial charge in [-0.2, -0.15) is 9.78 Å². The van der Waals surface area contributed by atoms with Gasteiger partial charge in [-0.3, -0.25) is 4.79 Å². The van der Waals surface area contributed by atoms with E-state index in [0.717, 1.165) is 6.42 Å². The first kappa shape index (κ1) is 24.1. The van der Waals surface area contributed by atoms with Gasteiger partial charge in [0, 0.05) is 5.56 Å². The molecule has 13 heteroatoms. The lowest BCUT2D eigenvalue weighted by Gasteiger charge is -2.08. The maximum absolute atomic E-state index is 13.0. The van der Waals surface area contributed by atoms with E-state index < -0.39 is 11.9 Å². The summed E-state index contributed by atoms with van der Waals surface area (Å²) in [6, 6.07) is 13.5. The van der Waals surface area contributed by atoms with E-state index in [1.807, 2.05) is 6.92 Å². The van der Waals surface area contributed by atoms with Gasteiger partial charge >= 0.3 is 5.97 Å². The number of esters is 1. The van der Waals surface area contributed by atoms with E-state index in [2.05, 4.69) is 40.5 Å². The van der Waals surface area contributed by atoms with Gasteiger partial charge in [-0.05, 0) is 58.7 Å². The van der Waals surface area contributed by atoms with Crippen LogP contribution >= 0.6 is 0 Å². The molecule has 3 N–H and O–H groups in total. The number of aromatic nitrogens is 5. The summed E-state index contributed by atoms with van der Waals surface area (Å²) in [5.74, 6) is -0.340. The Labute approximate surface area is 204 Å². The van der Waals surface area contributed by atoms with Crippen LogP contribution in [0.4, 0.5) is 5.82 Å². The van der Waals surface area contributed by atoms with Crippen molar-refractivity contribution in [1.82, 2.24) is 30.7 Å². The summed E-state index contributed by atoms with van der Waals surface area (Å²) in [7, 11) is 1.31. The second-order valence-corrected chi connectivity index (χ2v) is 7.36. The Morgan fingerprint density at radius 1 is 1.14 bits per heavy atom. The van der Waals surface area contributed by atoms with E-state index in [-0.39, 0.29) is 17.3 Å². The van der Waals surface area contributed by atoms with Gasteiger partial charge in [0.2, 0.25) is 11.6 Å². The Balaban J connectivity index is 1.59. The lowest BCUT2D eigenvalue weighted by atomic mass is 10.1. The summed E-state index contributed by atoms with van der Waals surface area (Å²) >= 11 is 0. The number of nitrogen functional groups attached to an aromatic ring is 1. The molecular weight excluding hydrogens is 468 g/mol. The van der Waals surface area contributed by atoms with E-state index in [4.69, 9.17) is 10.5 Å². The highest BCUT2D eigenvalue weighted by Gasteiger charge is 2.25. The first-order valence-electron chi connectivity index (χ1n) is 10.8. The van der Waals surface area contributed by atoms with E-state index in [9.17, 15) is 9.59 Å². The SMILES string of the molecule is CCCOc1ccc(-c2c(C(=O)N/N=C\c3ccc(C(=O)OC)cc3)nnn2-c2nonc2N)cc1. The fourth-order valence-electron chi connectivity index (χ4n) is 3.15. The van der Waals surface area contributed by atoms with Gasteiger partial charge in [0.1, 0.15) is 11.4 Å². The van der Waals surface area contributed by atoms with Crippen molar-refractivity contribution in [3.8, 4) is 22.8 Å². The lowest BCUT2D eigenvalue weighted by Crippen LogP contribution is -2.19. The Morgan fingerprint density at radius 2 is 1.89 bits per heavy atom. The molecule has 0 spiro atoms. The van der Waals surface area contributed by atoms with Crippen LogP contribution in [0.25, 0.3) is 17.1 Å². The number of rotatable bonds is 9. The molecule has 4 rings (SSSR count). The molecule has 4 aromatic rings. The highest BCUT2D eigenvalue weighted by molar-refractivity contribution is 5.99. The minimum Gasteiger partial charge on any atom is -0.494 e. The quantitative estimate of drug-likeness (QED) is 0.201. The number of amides is 1. The Kier molecular flexibility index (Phi) is 7.29. The standard InChI is InChI=1S/C23H22N8O5/c1-3-12-35-17-10-8-15(9-11-17)19-18(26-30-31(19)21-20(24)28-36-29-21)22(32)27-25-13-14-4-6-16(7-5-14)23(33)34-2/h4-11,13H,3,12H2,1-2H3,(H2,24,28)(H,27,32)/b25-13-. The van der Waals surface area contributed by atoms with Crippen molar-refractivity contribution in [1.29, 1.82) is 0 Å². The van der Waals surface area contributed by atoms with Crippen molar-refractivity contribution in [2.24, 2.45) is 5.10 Å². The predicted octanol–water partition coefficient (Wildman–Crippen LogP) is 2.24. The highest BCUT2D eigenvalue weighted by Crippen LogP contribution is 2.28. The smallest absolute Gasteiger partial charge is 0.337 e. The number of nitrogens with one attached hydrogen (secondary N) is 1. The average Bonchev–Trinajstić information content (AvgIpc) is 3.53. The molecule has 36 heavy (non-hydrogen) atoms. The third kappa shape index (κ3) is 5.19. The molecule has 0 aliphatic rings. The van der Waals surface area contributed by atoms with Crippen molar-refractivity contribution in [3.63, 3.8) is 0 Å². The molecule has 0 unspecified atom stereocenters. The number of nitrogens with two attached hydrogens (primary N) is 1. The summed E-state index contributed by atoms with van der Waals surface area (Å²) < 4.78 is 16.2. The van der Waals surface area contributed by atoms with Gasteiger partial charge in [-0.15, -0.1) is 5.10 Å². The number of hydrogen-bond acceptors (Lipinski definition) is 11. The van der Waals surface area contributed by atoms with Crippen molar-refractivity contribution in [3.05, 3.63) is 65.4 Å². The Morgan fingerprint density at radius 3 is 2.53 bits per heavy atom. The maximum Gasteiger partial charge on any atom is 0.337 e. The van der Waals surface area contributed by atoms with Crippen LogP contribution in [-0.4, -0.2) is 57.1 Å². The van der Waals surface area contributed by atoms with Gasteiger partial charge in [0.05, 0.1) is 25.5 Å². The van der Waals surface area contributed by atoms with E-state index in [0.29, 0.717) is 34.7 Å². The molecule has 2 aromatic heterocycles. The van der Waals surface area contributed by atoms with Crippen LogP contribution in [0.5, 0.6) is 5.75 Å². The molecule has 184 valence electrons. The molecule has 0 fully saturated rings. The first-order valence-corrected chi connectivity index (χ1v) is 10.8. The Hall–Kier alpha value is -5.07. The Bertz CT molecular complexity index is 1380. The number of nitrogens with zero attached hydrogens (tertiary/aromatic N) is 6. The molecular formula is C23H22N8O5. The zero-order valence-corrected chi connectivity index (χ0v) is 19.4. The van der Waals surface area contributed by atoms with Crippen LogP contribution in [-0.2, 0) is 4.74 Å². The van der Waals surface area contributed by atoms with Gasteiger partial charge in [0.25, 0.3) is 5.91 Å². The van der Waals surface area contributed by atoms with Crippen LogP contribution < -0.4 is 15.9 Å². The molecule has 2 aromatic carbocycles. The minimum atomic E-state index is -0.625. The third-order valence-corrected chi connectivity index (χ3v) is 4.89. The van der Waals surface area contributed by atoms with Gasteiger partial charge in [0.15, 0.2) is 5.69 Å². The van der Waals surface area contributed by atoms with Gasteiger partial charge < -0.3 is 15.2 Å². The molecule has 0 atom stereocenters. The number of methoxy groups -OCH3 is 1. The number of hydrazone groups is 1. The molecule has 13 nitrogen and oxygen atoms in total. The first-order chi connectivity index (χ1) is 17.5. The monoisotopic (exact) mass is 490 g/mol. The molecule has 1 amide bonds. The van der Waals surface area contributed by atoms with Crippen LogP contribution in [0.3, 0.4) is 0 Å². The number of ether oxygens (including phenoxy) is 2. The van der Waals surface area contributed by atoms with Gasteiger partial charge in [-0.25, -0.2) is 14.8 Å². The lowest BCUT2D eigenvalue weighted by molar-refractivity contribution is 0.0600. The van der Waals surface area contributed by atoms with E-state index in [1.165, 1.54) is 18.0 Å². The number of carbonyl (C=O) groups is 2. The molecule has 0 aliphatic carbocycles. The zero-order chi connectivity index (χ0) is 25.5. The number of carbonyl (C=O) groups excluding carboxylic acids is 2. The normalized spacial score (nSPS) is 10.9.